The summed E-state index contributed by atoms with van der Waals surface area (Å²) in [6.45, 7) is 4.71. The first-order chi connectivity index (χ1) is 14.0. The third kappa shape index (κ3) is 4.37. The highest BCUT2D eigenvalue weighted by Crippen LogP contribution is 2.44. The fraction of sp³-hybridized carbons (Fsp3) is 0.417. The van der Waals surface area contributed by atoms with Gasteiger partial charge in [0.2, 0.25) is 0 Å². The topological polar surface area (TPSA) is 46.2 Å². The maximum Gasteiger partial charge on any atom is 0.192 e. The molecule has 2 saturated heterocycles. The van der Waals surface area contributed by atoms with Crippen LogP contribution in [0.4, 0.5) is 0 Å². The van der Waals surface area contributed by atoms with Crippen molar-refractivity contribution in [3.8, 4) is 12.3 Å². The molecule has 2 aliphatic rings. The molecule has 0 aromatic heterocycles. The Morgan fingerprint density at radius 3 is 2.14 bits per heavy atom. The molecule has 2 aliphatic heterocycles. The highest BCUT2D eigenvalue weighted by molar-refractivity contribution is 5.21. The average molecular weight is 394 g/mol. The number of ether oxygens (including phenoxy) is 5. The van der Waals surface area contributed by atoms with Gasteiger partial charge < -0.3 is 23.7 Å². The Bertz CT molecular complexity index is 845. The molecule has 4 rings (SSSR count). The molecule has 0 radical (unpaired) electrons. The largest absolute Gasteiger partial charge is 0.373 e. The van der Waals surface area contributed by atoms with E-state index in [0.29, 0.717) is 13.2 Å². The first kappa shape index (κ1) is 20.1. The predicted octanol–water partition coefficient (Wildman–Crippen LogP) is 3.67. The molecule has 2 unspecified atom stereocenters. The van der Waals surface area contributed by atoms with Crippen LogP contribution < -0.4 is 0 Å². The van der Waals surface area contributed by atoms with E-state index in [-0.39, 0.29) is 6.61 Å². The lowest BCUT2D eigenvalue weighted by Crippen LogP contribution is -2.49. The van der Waals surface area contributed by atoms with E-state index in [0.717, 1.165) is 11.1 Å². The van der Waals surface area contributed by atoms with Crippen molar-refractivity contribution in [2.75, 3.05) is 6.61 Å². The molecule has 2 aromatic carbocycles. The van der Waals surface area contributed by atoms with Crippen LogP contribution in [0, 0.1) is 12.3 Å². The number of terminal acetylenes is 1. The second-order valence-electron chi connectivity index (χ2n) is 7.82. The van der Waals surface area contributed by atoms with Crippen molar-refractivity contribution in [1.29, 1.82) is 0 Å². The monoisotopic (exact) mass is 394 g/mol. The molecular formula is C24H26O5. The lowest BCUT2D eigenvalue weighted by Gasteiger charge is -2.32. The van der Waals surface area contributed by atoms with E-state index in [4.69, 9.17) is 30.1 Å². The summed E-state index contributed by atoms with van der Waals surface area (Å²) in [6, 6.07) is 19.9. The maximum atomic E-state index is 6.25. The van der Waals surface area contributed by atoms with E-state index in [1.165, 1.54) is 0 Å². The lowest BCUT2D eigenvalue weighted by molar-refractivity contribution is -0.240. The number of hydrogen-bond acceptors (Lipinski definition) is 5. The number of benzene rings is 2. The fourth-order valence-corrected chi connectivity index (χ4v) is 3.75. The summed E-state index contributed by atoms with van der Waals surface area (Å²) in [5.74, 6) is 2.02. The first-order valence-electron chi connectivity index (χ1n) is 9.80. The molecule has 2 aromatic rings. The minimum atomic E-state index is -1.09. The second-order valence-corrected chi connectivity index (χ2v) is 7.82. The molecule has 0 saturated carbocycles. The van der Waals surface area contributed by atoms with Gasteiger partial charge in [0.1, 0.15) is 12.2 Å². The van der Waals surface area contributed by atoms with Gasteiger partial charge in [-0.15, -0.1) is 6.42 Å². The molecule has 29 heavy (non-hydrogen) atoms. The molecule has 0 bridgehead atoms. The molecule has 0 N–H and O–H groups in total. The van der Waals surface area contributed by atoms with E-state index in [2.05, 4.69) is 5.92 Å². The van der Waals surface area contributed by atoms with Crippen LogP contribution in [0.1, 0.15) is 25.0 Å². The zero-order chi connectivity index (χ0) is 20.3. The summed E-state index contributed by atoms with van der Waals surface area (Å²) in [7, 11) is 0. The molecule has 0 aliphatic carbocycles. The third-order valence-electron chi connectivity index (χ3n) is 5.12. The van der Waals surface area contributed by atoms with E-state index >= 15 is 0 Å². The number of rotatable bonds is 7. The van der Waals surface area contributed by atoms with Crippen LogP contribution in [0.25, 0.3) is 0 Å². The summed E-state index contributed by atoms with van der Waals surface area (Å²) in [5, 5.41) is 0. The first-order valence-corrected chi connectivity index (χ1v) is 9.80. The average Bonchev–Trinajstić information content (AvgIpc) is 3.17. The summed E-state index contributed by atoms with van der Waals surface area (Å²) in [5.41, 5.74) is 1.02. The van der Waals surface area contributed by atoms with Crippen molar-refractivity contribution in [1.82, 2.24) is 0 Å². The Balaban J connectivity index is 1.49. The zero-order valence-electron chi connectivity index (χ0n) is 16.7. The predicted molar refractivity (Wildman–Crippen MR) is 108 cm³/mol. The number of hydrogen-bond donors (Lipinski definition) is 0. The molecule has 0 amide bonds. The molecule has 152 valence electrons. The van der Waals surface area contributed by atoms with Crippen molar-refractivity contribution in [2.24, 2.45) is 0 Å². The Hall–Kier alpha value is -2.20. The lowest BCUT2D eigenvalue weighted by atomic mass is 9.96. The van der Waals surface area contributed by atoms with Crippen LogP contribution in [-0.2, 0) is 36.9 Å². The number of fused-ring (bicyclic) bond motifs is 1. The summed E-state index contributed by atoms with van der Waals surface area (Å²) in [4.78, 5) is 0. The molecule has 2 heterocycles. The fourth-order valence-electron chi connectivity index (χ4n) is 3.75. The molecule has 4 atom stereocenters. The summed E-state index contributed by atoms with van der Waals surface area (Å²) >= 11 is 0. The Kier molecular flexibility index (Phi) is 5.73. The van der Waals surface area contributed by atoms with E-state index in [1.54, 1.807) is 0 Å². The van der Waals surface area contributed by atoms with Crippen LogP contribution in [0.5, 0.6) is 0 Å². The summed E-state index contributed by atoms with van der Waals surface area (Å²) in [6.07, 6.45) is 4.39. The standard InChI is InChI=1S/C24H26O5/c1-4-24(17-25-15-18-11-7-5-8-12-18)21(26-16-19-13-9-6-10-14-19)20-22(29-24)28-23(2,3)27-20/h1,5-14,20-22H,15-17H2,2-3H3/t20?,21?,22-,24-/m1/s1. The smallest absolute Gasteiger partial charge is 0.192 e. The van der Waals surface area contributed by atoms with Crippen molar-refractivity contribution in [2.45, 2.75) is 56.9 Å². The van der Waals surface area contributed by atoms with Gasteiger partial charge in [0.15, 0.2) is 17.7 Å². The quantitative estimate of drug-likeness (QED) is 0.671. The van der Waals surface area contributed by atoms with Gasteiger partial charge in [0.25, 0.3) is 0 Å². The Morgan fingerprint density at radius 1 is 0.897 bits per heavy atom. The third-order valence-corrected chi connectivity index (χ3v) is 5.12. The van der Waals surface area contributed by atoms with E-state index in [9.17, 15) is 0 Å². The van der Waals surface area contributed by atoms with Gasteiger partial charge in [0.05, 0.1) is 19.8 Å². The van der Waals surface area contributed by atoms with Crippen LogP contribution in [0.3, 0.4) is 0 Å². The van der Waals surface area contributed by atoms with Gasteiger partial charge in [-0.3, -0.25) is 0 Å². The molecule has 0 spiro atoms. The summed E-state index contributed by atoms with van der Waals surface area (Å²) < 4.78 is 30.3. The van der Waals surface area contributed by atoms with Crippen LogP contribution >= 0.6 is 0 Å². The van der Waals surface area contributed by atoms with Crippen molar-refractivity contribution >= 4 is 0 Å². The van der Waals surface area contributed by atoms with Gasteiger partial charge in [-0.25, -0.2) is 0 Å². The minimum Gasteiger partial charge on any atom is -0.373 e. The maximum absolute atomic E-state index is 6.25. The second kappa shape index (κ2) is 8.27. The minimum absolute atomic E-state index is 0.179. The van der Waals surface area contributed by atoms with Gasteiger partial charge in [0, 0.05) is 0 Å². The molecule has 2 fully saturated rings. The Labute approximate surface area is 171 Å². The molecule has 5 nitrogen and oxygen atoms in total. The van der Waals surface area contributed by atoms with Crippen molar-refractivity contribution < 1.29 is 23.7 Å². The van der Waals surface area contributed by atoms with Gasteiger partial charge in [-0.2, -0.15) is 0 Å². The highest BCUT2D eigenvalue weighted by Gasteiger charge is 2.62. The van der Waals surface area contributed by atoms with Crippen LogP contribution in [0.15, 0.2) is 60.7 Å². The van der Waals surface area contributed by atoms with E-state index < -0.39 is 29.9 Å². The Morgan fingerprint density at radius 2 is 1.52 bits per heavy atom. The van der Waals surface area contributed by atoms with Crippen LogP contribution in [0.2, 0.25) is 0 Å². The molecular weight excluding hydrogens is 368 g/mol. The van der Waals surface area contributed by atoms with Crippen molar-refractivity contribution in [3.05, 3.63) is 71.8 Å². The van der Waals surface area contributed by atoms with Gasteiger partial charge >= 0.3 is 0 Å². The van der Waals surface area contributed by atoms with Crippen molar-refractivity contribution in [3.63, 3.8) is 0 Å². The van der Waals surface area contributed by atoms with Gasteiger partial charge in [-0.1, -0.05) is 66.6 Å². The van der Waals surface area contributed by atoms with E-state index in [1.807, 2.05) is 74.5 Å². The zero-order valence-corrected chi connectivity index (χ0v) is 16.7. The SMILES string of the molecule is C#C[C@]1(COCc2ccccc2)O[C@H]2OC(C)(C)OC2C1OCc1ccccc1. The highest BCUT2D eigenvalue weighted by atomic mass is 16.8. The van der Waals surface area contributed by atoms with Crippen LogP contribution in [-0.4, -0.2) is 36.5 Å². The van der Waals surface area contributed by atoms with Gasteiger partial charge in [-0.05, 0) is 25.0 Å². The molecule has 5 heteroatoms. The normalized spacial score (nSPS) is 30.0.